The molecule has 4 nitrogen and oxygen atoms in total. The van der Waals surface area contributed by atoms with Crippen molar-refractivity contribution in [2.24, 2.45) is 11.8 Å². The first-order valence-electron chi connectivity index (χ1n) is 6.79. The lowest BCUT2D eigenvalue weighted by Gasteiger charge is -2.19. The van der Waals surface area contributed by atoms with Crippen molar-refractivity contribution in [3.8, 4) is 0 Å². The maximum atomic E-state index is 14.1. The average molecular weight is 300 g/mol. The summed E-state index contributed by atoms with van der Waals surface area (Å²) in [5.41, 5.74) is 6.17. The van der Waals surface area contributed by atoms with Crippen LogP contribution in [0.5, 0.6) is 0 Å². The van der Waals surface area contributed by atoms with Crippen molar-refractivity contribution in [1.82, 2.24) is 4.31 Å². The van der Waals surface area contributed by atoms with Crippen LogP contribution < -0.4 is 5.73 Å². The van der Waals surface area contributed by atoms with Crippen molar-refractivity contribution >= 4 is 15.7 Å². The zero-order valence-electron chi connectivity index (χ0n) is 12.1. The van der Waals surface area contributed by atoms with Gasteiger partial charge in [0.15, 0.2) is 0 Å². The van der Waals surface area contributed by atoms with Crippen LogP contribution in [0.25, 0.3) is 0 Å². The second-order valence-electron chi connectivity index (χ2n) is 5.81. The fraction of sp³-hybridized carbons (Fsp3) is 0.571. The fourth-order valence-corrected chi connectivity index (χ4v) is 4.29. The molecule has 0 bridgehead atoms. The molecule has 1 aromatic carbocycles. The van der Waals surface area contributed by atoms with Gasteiger partial charge in [-0.15, -0.1) is 0 Å². The number of nitrogen functional groups attached to an aromatic ring is 1. The van der Waals surface area contributed by atoms with Crippen molar-refractivity contribution in [1.29, 1.82) is 0 Å². The topological polar surface area (TPSA) is 63.4 Å². The summed E-state index contributed by atoms with van der Waals surface area (Å²) in [6.07, 6.45) is 0.819. The van der Waals surface area contributed by atoms with Crippen LogP contribution in [0.2, 0.25) is 0 Å². The molecular weight excluding hydrogens is 279 g/mol. The Kier molecular flexibility index (Phi) is 4.07. The number of benzene rings is 1. The van der Waals surface area contributed by atoms with Gasteiger partial charge in [0.1, 0.15) is 10.7 Å². The fourth-order valence-electron chi connectivity index (χ4n) is 2.61. The van der Waals surface area contributed by atoms with Crippen LogP contribution in [0, 0.1) is 24.6 Å². The van der Waals surface area contributed by atoms with Gasteiger partial charge in [-0.1, -0.05) is 13.8 Å². The number of aryl methyl sites for hydroxylation is 1. The minimum Gasteiger partial charge on any atom is -0.399 e. The molecule has 1 unspecified atom stereocenters. The van der Waals surface area contributed by atoms with E-state index in [4.69, 9.17) is 5.73 Å². The lowest BCUT2D eigenvalue weighted by molar-refractivity contribution is 0.387. The van der Waals surface area contributed by atoms with E-state index in [2.05, 4.69) is 13.8 Å². The van der Waals surface area contributed by atoms with Crippen molar-refractivity contribution < 1.29 is 12.8 Å². The Morgan fingerprint density at radius 1 is 1.40 bits per heavy atom. The van der Waals surface area contributed by atoms with Gasteiger partial charge in [-0.3, -0.25) is 0 Å². The smallest absolute Gasteiger partial charge is 0.246 e. The van der Waals surface area contributed by atoms with E-state index in [0.29, 0.717) is 24.9 Å². The normalized spacial score (nSPS) is 20.8. The van der Waals surface area contributed by atoms with Gasteiger partial charge < -0.3 is 5.73 Å². The molecular formula is C14H21FN2O2S. The number of anilines is 1. The first kappa shape index (κ1) is 15.3. The van der Waals surface area contributed by atoms with E-state index in [9.17, 15) is 12.8 Å². The highest BCUT2D eigenvalue weighted by Gasteiger charge is 2.35. The minimum absolute atomic E-state index is 0.253. The molecule has 20 heavy (non-hydrogen) atoms. The van der Waals surface area contributed by atoms with Gasteiger partial charge in [0.25, 0.3) is 0 Å². The van der Waals surface area contributed by atoms with Crippen LogP contribution in [-0.2, 0) is 10.0 Å². The Bertz CT molecular complexity index is 614. The van der Waals surface area contributed by atoms with E-state index in [1.54, 1.807) is 0 Å². The lowest BCUT2D eigenvalue weighted by atomic mass is 9.96. The molecule has 2 rings (SSSR count). The van der Waals surface area contributed by atoms with E-state index in [1.165, 1.54) is 23.4 Å². The molecule has 6 heteroatoms. The molecule has 1 aliphatic heterocycles. The molecule has 0 amide bonds. The summed E-state index contributed by atoms with van der Waals surface area (Å²) in [6, 6.07) is 2.65. The molecule has 112 valence electrons. The number of hydrogen-bond donors (Lipinski definition) is 1. The highest BCUT2D eigenvalue weighted by molar-refractivity contribution is 7.89. The summed E-state index contributed by atoms with van der Waals surface area (Å²) in [5, 5.41) is 0. The largest absolute Gasteiger partial charge is 0.399 e. The molecule has 0 radical (unpaired) electrons. The Morgan fingerprint density at radius 3 is 2.60 bits per heavy atom. The van der Waals surface area contributed by atoms with Crippen LogP contribution in [0.1, 0.15) is 25.8 Å². The van der Waals surface area contributed by atoms with Gasteiger partial charge in [-0.2, -0.15) is 4.31 Å². The molecule has 1 fully saturated rings. The van der Waals surface area contributed by atoms with Crippen LogP contribution in [0.3, 0.4) is 0 Å². The molecule has 1 heterocycles. The second kappa shape index (κ2) is 5.33. The highest BCUT2D eigenvalue weighted by Crippen LogP contribution is 2.31. The molecule has 1 aromatic rings. The molecule has 1 aliphatic rings. The average Bonchev–Trinajstić information content (AvgIpc) is 2.83. The summed E-state index contributed by atoms with van der Waals surface area (Å²) in [6.45, 7) is 6.56. The van der Waals surface area contributed by atoms with Gasteiger partial charge in [0.2, 0.25) is 10.0 Å². The van der Waals surface area contributed by atoms with Crippen molar-refractivity contribution in [2.75, 3.05) is 18.8 Å². The van der Waals surface area contributed by atoms with Gasteiger partial charge in [0.05, 0.1) is 0 Å². The maximum absolute atomic E-state index is 14.1. The molecule has 0 spiro atoms. The van der Waals surface area contributed by atoms with E-state index >= 15 is 0 Å². The molecule has 0 aliphatic carbocycles. The zero-order valence-corrected chi connectivity index (χ0v) is 12.9. The van der Waals surface area contributed by atoms with Gasteiger partial charge in [0, 0.05) is 18.8 Å². The van der Waals surface area contributed by atoms with E-state index in [0.717, 1.165) is 6.42 Å². The van der Waals surface area contributed by atoms with E-state index in [-0.39, 0.29) is 16.1 Å². The van der Waals surface area contributed by atoms with Gasteiger partial charge in [-0.05, 0) is 42.9 Å². The summed E-state index contributed by atoms with van der Waals surface area (Å²) in [4.78, 5) is -0.306. The Balaban J connectivity index is 2.37. The van der Waals surface area contributed by atoms with Gasteiger partial charge in [-0.25, -0.2) is 12.8 Å². The monoisotopic (exact) mass is 300 g/mol. The number of hydrogen-bond acceptors (Lipinski definition) is 3. The second-order valence-corrected chi connectivity index (χ2v) is 7.71. The van der Waals surface area contributed by atoms with E-state index < -0.39 is 15.8 Å². The number of halogens is 1. The predicted molar refractivity (Wildman–Crippen MR) is 77.3 cm³/mol. The third-order valence-electron chi connectivity index (χ3n) is 3.99. The first-order valence-corrected chi connectivity index (χ1v) is 8.23. The van der Waals surface area contributed by atoms with Crippen molar-refractivity contribution in [3.63, 3.8) is 0 Å². The van der Waals surface area contributed by atoms with E-state index in [1.807, 2.05) is 0 Å². The zero-order chi connectivity index (χ0) is 15.1. The van der Waals surface area contributed by atoms with Crippen molar-refractivity contribution in [3.05, 3.63) is 23.5 Å². The number of nitrogens with zero attached hydrogens (tertiary/aromatic N) is 1. The van der Waals surface area contributed by atoms with Crippen molar-refractivity contribution in [2.45, 2.75) is 32.1 Å². The summed E-state index contributed by atoms with van der Waals surface area (Å²) >= 11 is 0. The molecule has 1 atom stereocenters. The number of nitrogens with two attached hydrogens (primary N) is 1. The number of sulfonamides is 1. The van der Waals surface area contributed by atoms with Crippen LogP contribution in [0.4, 0.5) is 10.1 Å². The van der Waals surface area contributed by atoms with Crippen LogP contribution in [-0.4, -0.2) is 25.8 Å². The standard InChI is InChI=1S/C14H21FN2O2S/c1-9(2)11-4-5-17(8-11)20(18,19)13-7-12(16)6-10(3)14(13)15/h6-7,9,11H,4-5,8,16H2,1-3H3. The maximum Gasteiger partial charge on any atom is 0.246 e. The molecule has 0 aromatic heterocycles. The van der Waals surface area contributed by atoms with Gasteiger partial charge >= 0.3 is 0 Å². The predicted octanol–water partition coefficient (Wildman–Crippen LogP) is 2.38. The molecule has 0 saturated carbocycles. The summed E-state index contributed by atoms with van der Waals surface area (Å²) < 4.78 is 40.6. The minimum atomic E-state index is -3.80. The third kappa shape index (κ3) is 2.67. The van der Waals surface area contributed by atoms with Crippen LogP contribution >= 0.6 is 0 Å². The lowest BCUT2D eigenvalue weighted by Crippen LogP contribution is -2.30. The quantitative estimate of drug-likeness (QED) is 0.872. The number of rotatable bonds is 3. The van der Waals surface area contributed by atoms with Crippen LogP contribution in [0.15, 0.2) is 17.0 Å². The highest BCUT2D eigenvalue weighted by atomic mass is 32.2. The third-order valence-corrected chi connectivity index (χ3v) is 5.86. The Hall–Kier alpha value is -1.14. The molecule has 2 N–H and O–H groups in total. The SMILES string of the molecule is Cc1cc(N)cc(S(=O)(=O)N2CCC(C(C)C)C2)c1F. The first-order chi connectivity index (χ1) is 9.23. The summed E-state index contributed by atoms with van der Waals surface area (Å²) in [7, 11) is -3.80. The Morgan fingerprint density at radius 2 is 2.05 bits per heavy atom. The Labute approximate surface area is 119 Å². The molecule has 1 saturated heterocycles. The summed E-state index contributed by atoms with van der Waals surface area (Å²) in [5.74, 6) is 0.0461.